The van der Waals surface area contributed by atoms with Crippen LogP contribution in [0.3, 0.4) is 0 Å². The summed E-state index contributed by atoms with van der Waals surface area (Å²) in [6.07, 6.45) is -3.79. The second-order valence-electron chi connectivity index (χ2n) is 2.28. The number of nitrogens with two attached hydrogens (primary N) is 1. The van der Waals surface area contributed by atoms with Gasteiger partial charge in [0.25, 0.3) is 0 Å². The van der Waals surface area contributed by atoms with Gasteiger partial charge < -0.3 is 10.5 Å². The highest BCUT2D eigenvalue weighted by Crippen LogP contribution is 2.26. The molecule has 0 unspecified atom stereocenters. The van der Waals surface area contributed by atoms with Crippen LogP contribution in [0.15, 0.2) is 12.3 Å². The first-order valence-corrected chi connectivity index (χ1v) is 3.34. The first kappa shape index (κ1) is 10.1. The minimum absolute atomic E-state index is 0.0109. The van der Waals surface area contributed by atoms with E-state index in [0.717, 1.165) is 12.3 Å². The maximum atomic E-state index is 11.8. The minimum Gasteiger partial charge on any atom is -0.403 e. The number of hydrogen-bond acceptors (Lipinski definition) is 4. The molecule has 0 fully saturated rings. The molecule has 0 amide bonds. The summed E-state index contributed by atoms with van der Waals surface area (Å²) in [5.41, 5.74) is 4.71. The van der Waals surface area contributed by atoms with Gasteiger partial charge >= 0.3 is 6.36 Å². The van der Waals surface area contributed by atoms with E-state index in [2.05, 4.69) is 9.72 Å². The number of anilines is 1. The van der Waals surface area contributed by atoms with Crippen LogP contribution in [0.5, 0.6) is 5.75 Å². The largest absolute Gasteiger partial charge is 0.573 e. The number of hydrogen-bond donors (Lipinski definition) is 1. The van der Waals surface area contributed by atoms with E-state index < -0.39 is 17.8 Å². The molecule has 0 aliphatic heterocycles. The molecule has 1 rings (SSSR count). The van der Waals surface area contributed by atoms with Crippen molar-refractivity contribution in [1.29, 1.82) is 5.26 Å². The van der Waals surface area contributed by atoms with E-state index in [4.69, 9.17) is 11.0 Å². The summed E-state index contributed by atoms with van der Waals surface area (Å²) in [5.74, 6) is -0.694. The molecule has 1 heterocycles. The van der Waals surface area contributed by atoms with E-state index in [1.807, 2.05) is 0 Å². The van der Waals surface area contributed by atoms with Crippen LogP contribution in [0.4, 0.5) is 18.9 Å². The number of ether oxygens (including phenoxy) is 1. The third kappa shape index (κ3) is 2.52. The summed E-state index contributed by atoms with van der Waals surface area (Å²) in [6.45, 7) is 0. The molecule has 1 aromatic rings. The quantitative estimate of drug-likeness (QED) is 0.749. The normalized spacial score (nSPS) is 10.7. The van der Waals surface area contributed by atoms with Gasteiger partial charge in [-0.3, -0.25) is 0 Å². The monoisotopic (exact) mass is 203 g/mol. The summed E-state index contributed by atoms with van der Waals surface area (Å²) >= 11 is 0. The van der Waals surface area contributed by atoms with E-state index >= 15 is 0 Å². The lowest BCUT2D eigenvalue weighted by Gasteiger charge is -2.09. The van der Waals surface area contributed by atoms with E-state index in [1.165, 1.54) is 6.07 Å². The average molecular weight is 203 g/mol. The van der Waals surface area contributed by atoms with Gasteiger partial charge in [0.2, 0.25) is 0 Å². The van der Waals surface area contributed by atoms with Crippen LogP contribution >= 0.6 is 0 Å². The van der Waals surface area contributed by atoms with Gasteiger partial charge in [0.15, 0.2) is 11.4 Å². The average Bonchev–Trinajstić information content (AvgIpc) is 2.01. The zero-order valence-corrected chi connectivity index (χ0v) is 6.67. The molecule has 0 atom stereocenters. The van der Waals surface area contributed by atoms with Crippen molar-refractivity contribution in [3.05, 3.63) is 18.0 Å². The Balaban J connectivity index is 3.07. The Morgan fingerprint density at radius 2 is 2.14 bits per heavy atom. The molecule has 74 valence electrons. The second kappa shape index (κ2) is 3.41. The summed E-state index contributed by atoms with van der Waals surface area (Å²) in [4.78, 5) is 3.37. The number of nitriles is 1. The van der Waals surface area contributed by atoms with E-state index in [0.29, 0.717) is 0 Å². The molecule has 7 heteroatoms. The molecule has 14 heavy (non-hydrogen) atoms. The highest BCUT2D eigenvalue weighted by atomic mass is 19.4. The van der Waals surface area contributed by atoms with Gasteiger partial charge in [0.1, 0.15) is 6.07 Å². The molecular formula is C7H4F3N3O. The van der Waals surface area contributed by atoms with E-state index in [9.17, 15) is 13.2 Å². The number of nitrogens with zero attached hydrogens (tertiary/aromatic N) is 2. The first-order chi connectivity index (χ1) is 6.42. The lowest BCUT2D eigenvalue weighted by Crippen LogP contribution is -2.18. The highest BCUT2D eigenvalue weighted by molar-refractivity contribution is 5.47. The summed E-state index contributed by atoms with van der Waals surface area (Å²) < 4.78 is 38.9. The van der Waals surface area contributed by atoms with Crippen molar-refractivity contribution in [2.75, 3.05) is 5.73 Å². The molecule has 0 aromatic carbocycles. The second-order valence-corrected chi connectivity index (χ2v) is 2.28. The van der Waals surface area contributed by atoms with Crippen molar-refractivity contribution in [1.82, 2.24) is 4.98 Å². The zero-order chi connectivity index (χ0) is 10.8. The van der Waals surface area contributed by atoms with Crippen LogP contribution < -0.4 is 10.5 Å². The number of pyridine rings is 1. The molecule has 0 aliphatic rings. The molecular weight excluding hydrogens is 199 g/mol. The Labute approximate surface area is 76.7 Å². The standard InChI is InChI=1S/C7H4F3N3O/c8-7(9,10)14-6-1-4(12)3-13-5(6)2-11/h1,3H,12H2. The predicted molar refractivity (Wildman–Crippen MR) is 40.0 cm³/mol. The Morgan fingerprint density at radius 1 is 1.50 bits per heavy atom. The van der Waals surface area contributed by atoms with Crippen molar-refractivity contribution in [2.24, 2.45) is 0 Å². The lowest BCUT2D eigenvalue weighted by molar-refractivity contribution is -0.274. The topological polar surface area (TPSA) is 71.9 Å². The van der Waals surface area contributed by atoms with Crippen molar-refractivity contribution in [3.8, 4) is 11.8 Å². The highest BCUT2D eigenvalue weighted by Gasteiger charge is 2.32. The van der Waals surface area contributed by atoms with E-state index in [1.54, 1.807) is 0 Å². The number of rotatable bonds is 1. The van der Waals surface area contributed by atoms with Crippen LogP contribution in [0.1, 0.15) is 5.69 Å². The minimum atomic E-state index is -4.86. The number of aromatic nitrogens is 1. The number of alkyl halides is 3. The summed E-state index contributed by atoms with van der Waals surface area (Å²) in [5, 5.41) is 8.41. The third-order valence-corrected chi connectivity index (χ3v) is 1.21. The van der Waals surface area contributed by atoms with Gasteiger partial charge in [-0.2, -0.15) is 5.26 Å². The summed E-state index contributed by atoms with van der Waals surface area (Å²) in [7, 11) is 0. The van der Waals surface area contributed by atoms with Gasteiger partial charge in [-0.05, 0) is 0 Å². The van der Waals surface area contributed by atoms with Gasteiger partial charge in [0, 0.05) is 6.07 Å². The van der Waals surface area contributed by atoms with Crippen molar-refractivity contribution >= 4 is 5.69 Å². The summed E-state index contributed by atoms with van der Waals surface area (Å²) in [6, 6.07) is 2.34. The molecule has 1 aromatic heterocycles. The maximum absolute atomic E-state index is 11.8. The predicted octanol–water partition coefficient (Wildman–Crippen LogP) is 1.43. The maximum Gasteiger partial charge on any atom is 0.573 e. The molecule has 0 spiro atoms. The first-order valence-electron chi connectivity index (χ1n) is 3.34. The van der Waals surface area contributed by atoms with Crippen LogP contribution in [0.25, 0.3) is 0 Å². The van der Waals surface area contributed by atoms with Gasteiger partial charge in [-0.1, -0.05) is 0 Å². The fourth-order valence-corrected chi connectivity index (χ4v) is 0.746. The van der Waals surface area contributed by atoms with Gasteiger partial charge in [-0.25, -0.2) is 4.98 Å². The Bertz CT molecular complexity index is 383. The molecule has 0 radical (unpaired) electrons. The van der Waals surface area contributed by atoms with Gasteiger partial charge in [0.05, 0.1) is 11.9 Å². The number of halogens is 3. The number of nitrogen functional groups attached to an aromatic ring is 1. The SMILES string of the molecule is N#Cc1ncc(N)cc1OC(F)(F)F. The molecule has 4 nitrogen and oxygen atoms in total. The Hall–Kier alpha value is -1.97. The Kier molecular flexibility index (Phi) is 2.47. The molecule has 0 saturated heterocycles. The fourth-order valence-electron chi connectivity index (χ4n) is 0.746. The smallest absolute Gasteiger partial charge is 0.403 e. The third-order valence-electron chi connectivity index (χ3n) is 1.21. The van der Waals surface area contributed by atoms with Gasteiger partial charge in [-0.15, -0.1) is 13.2 Å². The van der Waals surface area contributed by atoms with Crippen molar-refractivity contribution in [2.45, 2.75) is 6.36 Å². The Morgan fingerprint density at radius 3 is 2.64 bits per heavy atom. The van der Waals surface area contributed by atoms with Crippen LogP contribution in [-0.4, -0.2) is 11.3 Å². The van der Waals surface area contributed by atoms with E-state index in [-0.39, 0.29) is 5.69 Å². The lowest BCUT2D eigenvalue weighted by atomic mass is 10.3. The molecule has 0 aliphatic carbocycles. The molecule has 0 bridgehead atoms. The van der Waals surface area contributed by atoms with Crippen molar-refractivity contribution < 1.29 is 17.9 Å². The van der Waals surface area contributed by atoms with Crippen LogP contribution in [-0.2, 0) is 0 Å². The molecule has 0 saturated carbocycles. The molecule has 2 N–H and O–H groups in total. The van der Waals surface area contributed by atoms with Crippen LogP contribution in [0.2, 0.25) is 0 Å². The van der Waals surface area contributed by atoms with Crippen molar-refractivity contribution in [3.63, 3.8) is 0 Å². The fraction of sp³-hybridized carbons (Fsp3) is 0.143. The zero-order valence-electron chi connectivity index (χ0n) is 6.67. The van der Waals surface area contributed by atoms with Crippen LogP contribution in [0, 0.1) is 11.3 Å².